The lowest BCUT2D eigenvalue weighted by Gasteiger charge is -2.42. The largest absolute Gasteiger partial charge is 0.504 e. The molecule has 0 spiro atoms. The normalized spacial score (nSPS) is 18.9. The SMILES string of the molecule is O=C(O[C@H]1[C@H]2OC(=O)c3cc(O)c(O)c(O)c3-c3c(cc(O)c(O)c3O)C(=O)OC[C@@H]2O[C@H](O)[C@@H]1OC(=O)c1cc(O)c(O)c(O)c1)c1cc(O)c(O)c(Oc2c(C(=O)O)cc(O)c(O)c2O)c1. The number of aromatic carboxylic acids is 1. The van der Waals surface area contributed by atoms with Gasteiger partial charge < -0.3 is 110 Å². The summed E-state index contributed by atoms with van der Waals surface area (Å²) in [6.07, 6.45) is -12.0. The molecule has 0 radical (unpaired) electrons. The van der Waals surface area contributed by atoms with Crippen molar-refractivity contribution < 1.29 is 134 Å². The minimum Gasteiger partial charge on any atom is -0.504 e. The molecule has 27 nitrogen and oxygen atoms in total. The summed E-state index contributed by atoms with van der Waals surface area (Å²) in [5.74, 6) is -28.6. The number of carbonyl (C=O) groups is 5. The first-order valence-electron chi connectivity index (χ1n) is 18.6. The Hall–Kier alpha value is -9.63. The molecule has 2 heterocycles. The van der Waals surface area contributed by atoms with Gasteiger partial charge in [0.1, 0.15) is 18.3 Å². The van der Waals surface area contributed by atoms with E-state index < -0.39 is 198 Å². The van der Waals surface area contributed by atoms with E-state index in [1.165, 1.54) is 0 Å². The zero-order valence-corrected chi connectivity index (χ0v) is 33.3. The summed E-state index contributed by atoms with van der Waals surface area (Å²) in [6.45, 7) is -1.20. The molecule has 2 aliphatic heterocycles. The number of fused-ring (bicyclic) bond motifs is 4. The number of carboxylic acid groups (broad SMARTS) is 1. The number of phenolic OH excluding ortho intramolecular Hbond substituents is 14. The van der Waals surface area contributed by atoms with Gasteiger partial charge in [-0.25, -0.2) is 24.0 Å². The maximum Gasteiger partial charge on any atom is 0.339 e. The highest BCUT2D eigenvalue weighted by Crippen LogP contribution is 2.54. The molecule has 27 heteroatoms. The van der Waals surface area contributed by atoms with Crippen molar-refractivity contribution in [2.45, 2.75) is 30.7 Å². The lowest BCUT2D eigenvalue weighted by atomic mass is 9.92. The Morgan fingerprint density at radius 2 is 0.985 bits per heavy atom. The fraction of sp³-hybridized carbons (Fsp3) is 0.146. The number of aliphatic hydroxyl groups excluding tert-OH is 1. The fourth-order valence-corrected chi connectivity index (χ4v) is 6.86. The quantitative estimate of drug-likeness (QED) is 0.0625. The van der Waals surface area contributed by atoms with Gasteiger partial charge in [0.05, 0.1) is 22.3 Å². The number of phenols is 14. The molecule has 0 bridgehead atoms. The monoisotopic (exact) mass is 954 g/mol. The molecule has 0 unspecified atom stereocenters. The molecule has 5 aromatic carbocycles. The van der Waals surface area contributed by atoms with Crippen molar-refractivity contribution in [3.8, 4) is 103 Å². The Morgan fingerprint density at radius 3 is 1.53 bits per heavy atom. The zero-order chi connectivity index (χ0) is 50.0. The van der Waals surface area contributed by atoms with E-state index in [-0.39, 0.29) is 0 Å². The molecule has 2 aliphatic rings. The minimum absolute atomic E-state index is 0.404. The molecule has 7 rings (SSSR count). The van der Waals surface area contributed by atoms with Crippen molar-refractivity contribution in [2.24, 2.45) is 0 Å². The zero-order valence-electron chi connectivity index (χ0n) is 33.3. The Morgan fingerprint density at radius 1 is 0.529 bits per heavy atom. The average Bonchev–Trinajstić information content (AvgIpc) is 3.29. The van der Waals surface area contributed by atoms with Gasteiger partial charge in [0, 0.05) is 17.2 Å². The van der Waals surface area contributed by atoms with Crippen LogP contribution in [0.25, 0.3) is 11.1 Å². The van der Waals surface area contributed by atoms with Crippen LogP contribution in [0, 0.1) is 0 Å². The van der Waals surface area contributed by atoms with Crippen LogP contribution in [0.4, 0.5) is 0 Å². The number of benzene rings is 5. The number of rotatable bonds is 7. The Kier molecular flexibility index (Phi) is 11.6. The van der Waals surface area contributed by atoms with Crippen molar-refractivity contribution in [3.05, 3.63) is 70.3 Å². The number of carboxylic acids is 1. The maximum absolute atomic E-state index is 14.3. The summed E-state index contributed by atoms with van der Waals surface area (Å²) in [4.78, 5) is 67.5. The van der Waals surface area contributed by atoms with E-state index in [2.05, 4.69) is 0 Å². The molecule has 0 aliphatic carbocycles. The molecular formula is C41H30O27. The lowest BCUT2D eigenvalue weighted by Crippen LogP contribution is -2.62. The number of esters is 4. The summed E-state index contributed by atoms with van der Waals surface area (Å²) in [5.41, 5.74) is -6.91. The molecule has 5 atom stereocenters. The van der Waals surface area contributed by atoms with Gasteiger partial charge in [0.2, 0.25) is 28.7 Å². The highest BCUT2D eigenvalue weighted by atomic mass is 16.7. The van der Waals surface area contributed by atoms with Crippen LogP contribution >= 0.6 is 0 Å². The first-order valence-corrected chi connectivity index (χ1v) is 18.6. The summed E-state index contributed by atoms with van der Waals surface area (Å²) in [7, 11) is 0. The standard InChI is InChI=1S/C41H30O27/c42-14-1-9(2-15(43)24(14)48)37(58)68-35-34(67-38(59)10-3-16(44)25(49)20(4-10)64-32-13(36(56)57)7-19(47)28(52)31(32)55)33-21(65-41(35)62)8-63-39(60)11-5-17(45)26(50)29(53)22(11)23-12(40(61)66-33)6-18(46)27(51)30(23)54/h1-7,21,33-35,41-55,62H,8H2,(H,56,57)/t21-,33-,34-,35+,41-/m0/s1. The number of ether oxygens (including phenoxy) is 6. The highest BCUT2D eigenvalue weighted by molar-refractivity contribution is 6.08. The van der Waals surface area contributed by atoms with Crippen LogP contribution in [0.1, 0.15) is 51.8 Å². The maximum atomic E-state index is 14.3. The first kappa shape index (κ1) is 46.4. The summed E-state index contributed by atoms with van der Waals surface area (Å²) < 4.78 is 32.5. The van der Waals surface area contributed by atoms with Gasteiger partial charge in [-0.05, 0) is 36.4 Å². The van der Waals surface area contributed by atoms with Gasteiger partial charge in [-0.2, -0.15) is 0 Å². The molecule has 1 saturated heterocycles. The Balaban J connectivity index is 1.37. The van der Waals surface area contributed by atoms with E-state index in [0.29, 0.717) is 42.5 Å². The summed E-state index contributed by atoms with van der Waals surface area (Å²) >= 11 is 0. The van der Waals surface area contributed by atoms with E-state index in [1.54, 1.807) is 0 Å². The Bertz CT molecular complexity index is 2970. The molecule has 1 fully saturated rings. The third kappa shape index (κ3) is 7.96. The minimum atomic E-state index is -2.55. The number of aromatic hydroxyl groups is 14. The number of carbonyl (C=O) groups excluding carboxylic acids is 4. The van der Waals surface area contributed by atoms with E-state index in [1.807, 2.05) is 0 Å². The van der Waals surface area contributed by atoms with Gasteiger partial charge in [-0.1, -0.05) is 0 Å². The van der Waals surface area contributed by atoms with Crippen molar-refractivity contribution in [1.29, 1.82) is 0 Å². The van der Waals surface area contributed by atoms with Gasteiger partial charge in [0.25, 0.3) is 0 Å². The van der Waals surface area contributed by atoms with Crippen LogP contribution in [0.15, 0.2) is 42.5 Å². The molecule has 5 aromatic rings. The van der Waals surface area contributed by atoms with Crippen molar-refractivity contribution in [2.75, 3.05) is 6.61 Å². The molecule has 0 saturated carbocycles. The van der Waals surface area contributed by atoms with E-state index in [9.17, 15) is 106 Å². The van der Waals surface area contributed by atoms with E-state index in [4.69, 9.17) is 28.4 Å². The van der Waals surface area contributed by atoms with Gasteiger partial charge in [0.15, 0.2) is 87.8 Å². The summed E-state index contributed by atoms with van der Waals surface area (Å²) in [6, 6.07) is 3.39. The third-order valence-corrected chi connectivity index (χ3v) is 10.2. The Labute approximate surface area is 374 Å². The van der Waals surface area contributed by atoms with Crippen LogP contribution < -0.4 is 4.74 Å². The lowest BCUT2D eigenvalue weighted by molar-refractivity contribution is -0.284. The van der Waals surface area contributed by atoms with Crippen LogP contribution in [-0.2, 0) is 23.7 Å². The second-order valence-corrected chi connectivity index (χ2v) is 14.4. The van der Waals surface area contributed by atoms with Crippen LogP contribution in [0.3, 0.4) is 0 Å². The van der Waals surface area contributed by atoms with Gasteiger partial charge in [-0.15, -0.1) is 0 Å². The highest BCUT2D eigenvalue weighted by Gasteiger charge is 2.53. The molecule has 0 aromatic heterocycles. The van der Waals surface area contributed by atoms with Gasteiger partial charge in [-0.3, -0.25) is 0 Å². The van der Waals surface area contributed by atoms with Crippen LogP contribution in [-0.4, -0.2) is 149 Å². The second kappa shape index (κ2) is 17.1. The van der Waals surface area contributed by atoms with Crippen LogP contribution in [0.5, 0.6) is 92.0 Å². The number of hydrogen-bond acceptors (Lipinski definition) is 26. The number of hydrogen-bond donors (Lipinski definition) is 16. The average molecular weight is 955 g/mol. The predicted octanol–water partition coefficient (Wildman–Crippen LogP) is 1.59. The van der Waals surface area contributed by atoms with Crippen molar-refractivity contribution in [3.63, 3.8) is 0 Å². The van der Waals surface area contributed by atoms with Gasteiger partial charge >= 0.3 is 29.8 Å². The van der Waals surface area contributed by atoms with Crippen molar-refractivity contribution in [1.82, 2.24) is 0 Å². The summed E-state index contributed by atoms with van der Waals surface area (Å²) in [5, 5.41) is 166. The second-order valence-electron chi connectivity index (χ2n) is 14.4. The van der Waals surface area contributed by atoms with Crippen LogP contribution in [0.2, 0.25) is 0 Å². The smallest absolute Gasteiger partial charge is 0.339 e. The number of cyclic esters (lactones) is 1. The number of aliphatic hydroxyl groups is 1. The molecule has 16 N–H and O–H groups in total. The fourth-order valence-electron chi connectivity index (χ4n) is 6.86. The molecule has 68 heavy (non-hydrogen) atoms. The molecule has 356 valence electrons. The third-order valence-electron chi connectivity index (χ3n) is 10.2. The first-order chi connectivity index (χ1) is 31.9. The van der Waals surface area contributed by atoms with Crippen molar-refractivity contribution >= 4 is 29.8 Å². The predicted molar refractivity (Wildman–Crippen MR) is 210 cm³/mol. The topological polar surface area (TPSA) is 464 Å². The van der Waals surface area contributed by atoms with E-state index in [0.717, 1.165) is 0 Å². The molecular weight excluding hydrogens is 924 g/mol. The molecule has 0 amide bonds. The van der Waals surface area contributed by atoms with E-state index >= 15 is 0 Å².